The monoisotopic (exact) mass is 279 g/mol. The molecule has 0 spiro atoms. The van der Waals surface area contributed by atoms with Crippen LogP contribution >= 0.6 is 11.8 Å². The van der Waals surface area contributed by atoms with Crippen molar-refractivity contribution in [3.8, 4) is 5.75 Å². The molecule has 0 aliphatic carbocycles. The van der Waals surface area contributed by atoms with Crippen LogP contribution in [0.1, 0.15) is 44.7 Å². The smallest absolute Gasteiger partial charge is 0.124 e. The summed E-state index contributed by atoms with van der Waals surface area (Å²) in [4.78, 5) is 0. The molecule has 0 aromatic heterocycles. The average molecular weight is 279 g/mol. The van der Waals surface area contributed by atoms with Crippen LogP contribution in [0.25, 0.3) is 0 Å². The summed E-state index contributed by atoms with van der Waals surface area (Å²) in [6, 6.07) is 8.83. The van der Waals surface area contributed by atoms with Crippen LogP contribution in [-0.2, 0) is 0 Å². The second kappa shape index (κ2) is 6.67. The maximum Gasteiger partial charge on any atom is 0.124 e. The van der Waals surface area contributed by atoms with Gasteiger partial charge in [0.15, 0.2) is 0 Å². The van der Waals surface area contributed by atoms with Crippen LogP contribution in [0.5, 0.6) is 5.75 Å². The van der Waals surface area contributed by atoms with Gasteiger partial charge >= 0.3 is 0 Å². The van der Waals surface area contributed by atoms with Crippen molar-refractivity contribution >= 4 is 11.8 Å². The molecule has 0 radical (unpaired) electrons. The summed E-state index contributed by atoms with van der Waals surface area (Å²) in [5.74, 6) is 2.31. The normalized spacial score (nSPS) is 24.4. The molecule has 0 saturated carbocycles. The number of rotatable bonds is 6. The van der Waals surface area contributed by atoms with E-state index in [0.29, 0.717) is 6.04 Å². The van der Waals surface area contributed by atoms with Gasteiger partial charge in [-0.2, -0.15) is 11.8 Å². The van der Waals surface area contributed by atoms with Crippen molar-refractivity contribution in [3.05, 3.63) is 29.8 Å². The van der Waals surface area contributed by atoms with Gasteiger partial charge in [-0.15, -0.1) is 0 Å². The lowest BCUT2D eigenvalue weighted by molar-refractivity contribution is 0.306. The molecule has 1 aliphatic rings. The molecule has 1 saturated heterocycles. The second-order valence-electron chi connectivity index (χ2n) is 5.37. The average Bonchev–Trinajstić information content (AvgIpc) is 2.86. The molecule has 2 rings (SSSR count). The maximum atomic E-state index is 5.92. The summed E-state index contributed by atoms with van der Waals surface area (Å²) in [6.07, 6.45) is 3.63. The van der Waals surface area contributed by atoms with Gasteiger partial charge in [0, 0.05) is 10.3 Å². The Morgan fingerprint density at radius 2 is 2.21 bits per heavy atom. The Kier molecular flexibility index (Phi) is 5.17. The van der Waals surface area contributed by atoms with E-state index >= 15 is 0 Å². The fourth-order valence-electron chi connectivity index (χ4n) is 2.88. The van der Waals surface area contributed by atoms with Crippen LogP contribution in [0.2, 0.25) is 0 Å². The molecular weight excluding hydrogens is 254 g/mol. The summed E-state index contributed by atoms with van der Waals surface area (Å²) >= 11 is 2.09. The molecule has 1 aliphatic heterocycles. The van der Waals surface area contributed by atoms with Gasteiger partial charge in [0.05, 0.1) is 12.6 Å². The van der Waals surface area contributed by atoms with Crippen LogP contribution in [0.3, 0.4) is 0 Å². The van der Waals surface area contributed by atoms with Gasteiger partial charge in [0.1, 0.15) is 5.75 Å². The predicted octanol–water partition coefficient (Wildman–Crippen LogP) is 4.02. The molecule has 1 heterocycles. The van der Waals surface area contributed by atoms with Crippen LogP contribution in [-0.4, -0.2) is 24.2 Å². The van der Waals surface area contributed by atoms with Gasteiger partial charge in [-0.05, 0) is 45.1 Å². The lowest BCUT2D eigenvalue weighted by Crippen LogP contribution is -2.35. The molecular formula is C16H25NOS. The minimum atomic E-state index is 0.278. The summed E-state index contributed by atoms with van der Waals surface area (Å²) in [7, 11) is 2.06. The summed E-state index contributed by atoms with van der Waals surface area (Å²) < 4.78 is 6.20. The number of thioether (sulfide) groups is 1. The standard InChI is InChI=1S/C16H25NOS/c1-4-11-18-14-9-6-5-8-13(14)15(17-3)16(2)10-7-12-19-16/h5-6,8-9,15,17H,4,7,10-12H2,1-3H3. The Morgan fingerprint density at radius 3 is 2.84 bits per heavy atom. The van der Waals surface area contributed by atoms with Crippen LogP contribution in [0.15, 0.2) is 24.3 Å². The number of ether oxygens (including phenoxy) is 1. The van der Waals surface area contributed by atoms with Crippen molar-refractivity contribution in [2.75, 3.05) is 19.4 Å². The van der Waals surface area contributed by atoms with E-state index in [2.05, 4.69) is 62.2 Å². The van der Waals surface area contributed by atoms with Crippen molar-refractivity contribution in [2.45, 2.75) is 43.9 Å². The topological polar surface area (TPSA) is 21.3 Å². The molecule has 3 heteroatoms. The third-order valence-corrected chi connectivity index (χ3v) is 5.43. The third-order valence-electron chi connectivity index (χ3n) is 3.84. The van der Waals surface area contributed by atoms with Crippen molar-refractivity contribution in [2.24, 2.45) is 0 Å². The van der Waals surface area contributed by atoms with Crippen molar-refractivity contribution in [1.29, 1.82) is 0 Å². The third kappa shape index (κ3) is 3.26. The first-order chi connectivity index (χ1) is 9.21. The van der Waals surface area contributed by atoms with Gasteiger partial charge < -0.3 is 10.1 Å². The zero-order valence-corrected chi connectivity index (χ0v) is 13.1. The molecule has 19 heavy (non-hydrogen) atoms. The zero-order valence-electron chi connectivity index (χ0n) is 12.2. The van der Waals surface area contributed by atoms with E-state index < -0.39 is 0 Å². The van der Waals surface area contributed by atoms with Crippen LogP contribution in [0.4, 0.5) is 0 Å². The summed E-state index contributed by atoms with van der Waals surface area (Å²) in [5, 5.41) is 3.52. The first-order valence-electron chi connectivity index (χ1n) is 7.24. The van der Waals surface area contributed by atoms with Crippen molar-refractivity contribution < 1.29 is 4.74 Å². The molecule has 0 bridgehead atoms. The van der Waals surface area contributed by atoms with Crippen molar-refractivity contribution in [3.63, 3.8) is 0 Å². The van der Waals surface area contributed by atoms with Gasteiger partial charge in [-0.1, -0.05) is 25.1 Å². The second-order valence-corrected chi connectivity index (χ2v) is 7.00. The van der Waals surface area contributed by atoms with Crippen molar-refractivity contribution in [1.82, 2.24) is 5.32 Å². The highest BCUT2D eigenvalue weighted by molar-refractivity contribution is 8.00. The van der Waals surface area contributed by atoms with Gasteiger partial charge in [-0.3, -0.25) is 0 Å². The number of hydrogen-bond acceptors (Lipinski definition) is 3. The summed E-state index contributed by atoms with van der Waals surface area (Å²) in [6.45, 7) is 5.31. The zero-order chi connectivity index (χ0) is 13.7. The molecule has 106 valence electrons. The fourth-order valence-corrected chi connectivity index (χ4v) is 4.34. The Balaban J connectivity index is 2.27. The molecule has 2 atom stereocenters. The number of benzene rings is 1. The highest BCUT2D eigenvalue weighted by atomic mass is 32.2. The highest BCUT2D eigenvalue weighted by Gasteiger charge is 2.39. The van der Waals surface area contributed by atoms with Crippen LogP contribution in [0, 0.1) is 0 Å². The Bertz CT molecular complexity index is 401. The quantitative estimate of drug-likeness (QED) is 0.849. The first kappa shape index (κ1) is 14.7. The predicted molar refractivity (Wildman–Crippen MR) is 84.1 cm³/mol. The molecule has 0 amide bonds. The summed E-state index contributed by atoms with van der Waals surface area (Å²) in [5.41, 5.74) is 1.30. The van der Waals surface area contributed by atoms with E-state index in [-0.39, 0.29) is 4.75 Å². The Hall–Kier alpha value is -0.670. The molecule has 1 aromatic carbocycles. The van der Waals surface area contributed by atoms with E-state index in [1.165, 1.54) is 24.2 Å². The SMILES string of the molecule is CCCOc1ccccc1C(NC)C1(C)CCCS1. The lowest BCUT2D eigenvalue weighted by Gasteiger charge is -2.34. The van der Waals surface area contributed by atoms with E-state index in [1.807, 2.05) is 0 Å². The maximum absolute atomic E-state index is 5.92. The Morgan fingerprint density at radius 1 is 1.42 bits per heavy atom. The first-order valence-corrected chi connectivity index (χ1v) is 8.23. The minimum Gasteiger partial charge on any atom is -0.493 e. The molecule has 2 unspecified atom stereocenters. The highest BCUT2D eigenvalue weighted by Crippen LogP contribution is 2.48. The lowest BCUT2D eigenvalue weighted by atomic mass is 9.90. The molecule has 2 nitrogen and oxygen atoms in total. The number of para-hydroxylation sites is 1. The van der Waals surface area contributed by atoms with E-state index in [1.54, 1.807) is 0 Å². The van der Waals surface area contributed by atoms with Gasteiger partial charge in [-0.25, -0.2) is 0 Å². The fraction of sp³-hybridized carbons (Fsp3) is 0.625. The molecule has 1 fully saturated rings. The van der Waals surface area contributed by atoms with E-state index in [0.717, 1.165) is 18.8 Å². The Labute approximate surface area is 121 Å². The minimum absolute atomic E-state index is 0.278. The van der Waals surface area contributed by atoms with Gasteiger partial charge in [0.2, 0.25) is 0 Å². The number of hydrogen-bond donors (Lipinski definition) is 1. The molecule has 1 N–H and O–H groups in total. The van der Waals surface area contributed by atoms with E-state index in [9.17, 15) is 0 Å². The largest absolute Gasteiger partial charge is 0.493 e. The molecule has 1 aromatic rings. The number of nitrogens with one attached hydrogen (secondary N) is 1. The van der Waals surface area contributed by atoms with E-state index in [4.69, 9.17) is 4.74 Å². The van der Waals surface area contributed by atoms with Crippen LogP contribution < -0.4 is 10.1 Å². The van der Waals surface area contributed by atoms with Gasteiger partial charge in [0.25, 0.3) is 0 Å².